The van der Waals surface area contributed by atoms with Crippen molar-refractivity contribution in [3.05, 3.63) is 16.1 Å². The van der Waals surface area contributed by atoms with Crippen molar-refractivity contribution in [2.45, 2.75) is 41.0 Å². The molecule has 0 saturated carbocycles. The summed E-state index contributed by atoms with van der Waals surface area (Å²) in [7, 11) is 0. The zero-order chi connectivity index (χ0) is 12.2. The SMILES string of the molecule is CCNCC(C)(Cc1cnc(C)s1)C(C)C. The van der Waals surface area contributed by atoms with Crippen LogP contribution in [0.4, 0.5) is 0 Å². The Labute approximate surface area is 103 Å². The van der Waals surface area contributed by atoms with Crippen LogP contribution in [-0.2, 0) is 6.42 Å². The van der Waals surface area contributed by atoms with Gasteiger partial charge in [-0.05, 0) is 31.2 Å². The molecule has 0 radical (unpaired) electrons. The third-order valence-corrected chi connectivity index (χ3v) is 4.33. The van der Waals surface area contributed by atoms with E-state index in [1.807, 2.05) is 17.5 Å². The van der Waals surface area contributed by atoms with Gasteiger partial charge in [-0.25, -0.2) is 4.98 Å². The lowest BCUT2D eigenvalue weighted by atomic mass is 9.76. The Morgan fingerprint density at radius 2 is 2.19 bits per heavy atom. The fourth-order valence-electron chi connectivity index (χ4n) is 1.77. The van der Waals surface area contributed by atoms with Gasteiger partial charge in [0, 0.05) is 17.6 Å². The second kappa shape index (κ2) is 5.78. The van der Waals surface area contributed by atoms with Crippen LogP contribution < -0.4 is 5.32 Å². The second-order valence-corrected chi connectivity index (χ2v) is 6.43. The van der Waals surface area contributed by atoms with Gasteiger partial charge < -0.3 is 5.32 Å². The van der Waals surface area contributed by atoms with Gasteiger partial charge in [-0.1, -0.05) is 27.7 Å². The van der Waals surface area contributed by atoms with E-state index in [1.165, 1.54) is 9.88 Å². The maximum atomic E-state index is 4.34. The lowest BCUT2D eigenvalue weighted by Gasteiger charge is -2.33. The number of hydrogen-bond acceptors (Lipinski definition) is 3. The van der Waals surface area contributed by atoms with Crippen LogP contribution in [0.5, 0.6) is 0 Å². The fourth-order valence-corrected chi connectivity index (χ4v) is 2.76. The van der Waals surface area contributed by atoms with Gasteiger partial charge in [0.05, 0.1) is 5.01 Å². The highest BCUT2D eigenvalue weighted by Gasteiger charge is 2.28. The molecule has 2 nitrogen and oxygen atoms in total. The highest BCUT2D eigenvalue weighted by Crippen LogP contribution is 2.32. The van der Waals surface area contributed by atoms with Crippen LogP contribution in [0, 0.1) is 18.3 Å². The largest absolute Gasteiger partial charge is 0.316 e. The van der Waals surface area contributed by atoms with Crippen LogP contribution in [0.2, 0.25) is 0 Å². The number of aromatic nitrogens is 1. The summed E-state index contributed by atoms with van der Waals surface area (Å²) in [5, 5.41) is 4.65. The van der Waals surface area contributed by atoms with Crippen molar-refractivity contribution < 1.29 is 0 Å². The van der Waals surface area contributed by atoms with Crippen LogP contribution >= 0.6 is 11.3 Å². The summed E-state index contributed by atoms with van der Waals surface area (Å²) >= 11 is 1.83. The monoisotopic (exact) mass is 240 g/mol. The van der Waals surface area contributed by atoms with E-state index in [-0.39, 0.29) is 0 Å². The minimum absolute atomic E-state index is 0.328. The summed E-state index contributed by atoms with van der Waals surface area (Å²) < 4.78 is 0. The molecule has 0 aliphatic rings. The maximum Gasteiger partial charge on any atom is 0.0896 e. The second-order valence-electron chi connectivity index (χ2n) is 5.11. The van der Waals surface area contributed by atoms with E-state index in [0.29, 0.717) is 11.3 Å². The molecule has 0 aliphatic heterocycles. The third kappa shape index (κ3) is 3.56. The molecule has 92 valence electrons. The molecule has 16 heavy (non-hydrogen) atoms. The lowest BCUT2D eigenvalue weighted by molar-refractivity contribution is 0.210. The molecule has 1 aromatic rings. The standard InChI is InChI=1S/C13H24N2S/c1-6-14-9-13(5,10(2)3)7-12-8-15-11(4)16-12/h8,10,14H,6-7,9H2,1-5H3. The van der Waals surface area contributed by atoms with Crippen molar-refractivity contribution in [3.8, 4) is 0 Å². The van der Waals surface area contributed by atoms with E-state index in [1.54, 1.807) is 0 Å². The van der Waals surface area contributed by atoms with Gasteiger partial charge >= 0.3 is 0 Å². The first kappa shape index (κ1) is 13.7. The first-order valence-corrected chi connectivity index (χ1v) is 6.91. The number of nitrogens with zero attached hydrogens (tertiary/aromatic N) is 1. The van der Waals surface area contributed by atoms with Crippen LogP contribution in [0.1, 0.15) is 37.6 Å². The topological polar surface area (TPSA) is 24.9 Å². The van der Waals surface area contributed by atoms with Gasteiger partial charge in [0.1, 0.15) is 0 Å². The average molecular weight is 240 g/mol. The highest BCUT2D eigenvalue weighted by molar-refractivity contribution is 7.11. The smallest absolute Gasteiger partial charge is 0.0896 e. The molecule has 1 heterocycles. The Bertz CT molecular complexity index is 319. The predicted octanol–water partition coefficient (Wildman–Crippen LogP) is 3.27. The molecule has 1 aromatic heterocycles. The lowest BCUT2D eigenvalue weighted by Crippen LogP contribution is -2.37. The number of thiazole rings is 1. The van der Waals surface area contributed by atoms with Crippen molar-refractivity contribution in [3.63, 3.8) is 0 Å². The molecule has 0 bridgehead atoms. The maximum absolute atomic E-state index is 4.34. The minimum Gasteiger partial charge on any atom is -0.316 e. The summed E-state index contributed by atoms with van der Waals surface area (Å²) in [4.78, 5) is 5.75. The van der Waals surface area contributed by atoms with E-state index in [4.69, 9.17) is 0 Å². The molecule has 1 N–H and O–H groups in total. The Balaban J connectivity index is 2.70. The molecule has 0 amide bonds. The van der Waals surface area contributed by atoms with Gasteiger partial charge in [-0.2, -0.15) is 0 Å². The summed E-state index contributed by atoms with van der Waals surface area (Å²) in [6.07, 6.45) is 3.16. The Morgan fingerprint density at radius 3 is 2.62 bits per heavy atom. The van der Waals surface area contributed by atoms with Crippen molar-refractivity contribution in [2.75, 3.05) is 13.1 Å². The minimum atomic E-state index is 0.328. The molecular formula is C13H24N2S. The van der Waals surface area contributed by atoms with E-state index in [0.717, 1.165) is 19.5 Å². The van der Waals surface area contributed by atoms with E-state index >= 15 is 0 Å². The molecular weight excluding hydrogens is 216 g/mol. The molecule has 0 aromatic carbocycles. The Morgan fingerprint density at radius 1 is 1.50 bits per heavy atom. The number of rotatable bonds is 6. The van der Waals surface area contributed by atoms with Gasteiger partial charge in [0.25, 0.3) is 0 Å². The van der Waals surface area contributed by atoms with E-state index in [2.05, 4.69) is 44.9 Å². The fraction of sp³-hybridized carbons (Fsp3) is 0.769. The van der Waals surface area contributed by atoms with Crippen LogP contribution in [0.15, 0.2) is 6.20 Å². The molecule has 0 fully saturated rings. The molecule has 0 aliphatic carbocycles. The summed E-state index contributed by atoms with van der Waals surface area (Å²) in [5.41, 5.74) is 0.328. The zero-order valence-corrected chi connectivity index (χ0v) is 11.9. The average Bonchev–Trinajstić information content (AvgIpc) is 2.60. The highest BCUT2D eigenvalue weighted by atomic mass is 32.1. The normalized spacial score (nSPS) is 15.4. The summed E-state index contributed by atoms with van der Waals surface area (Å²) in [6.45, 7) is 13.4. The van der Waals surface area contributed by atoms with Crippen molar-refractivity contribution in [1.29, 1.82) is 0 Å². The predicted molar refractivity (Wildman–Crippen MR) is 72.0 cm³/mol. The molecule has 0 saturated heterocycles. The van der Waals surface area contributed by atoms with Crippen LogP contribution in [0.25, 0.3) is 0 Å². The number of nitrogens with one attached hydrogen (secondary N) is 1. The van der Waals surface area contributed by atoms with Gasteiger partial charge in [0.15, 0.2) is 0 Å². The Hall–Kier alpha value is -0.410. The Kier molecular flexibility index (Phi) is 4.93. The van der Waals surface area contributed by atoms with E-state index in [9.17, 15) is 0 Å². The van der Waals surface area contributed by atoms with Gasteiger partial charge in [0.2, 0.25) is 0 Å². The number of aryl methyl sites for hydroxylation is 1. The molecule has 1 unspecified atom stereocenters. The van der Waals surface area contributed by atoms with Gasteiger partial charge in [-0.3, -0.25) is 0 Å². The number of hydrogen-bond donors (Lipinski definition) is 1. The zero-order valence-electron chi connectivity index (χ0n) is 11.1. The first-order chi connectivity index (χ1) is 7.48. The van der Waals surface area contributed by atoms with Crippen molar-refractivity contribution >= 4 is 11.3 Å². The van der Waals surface area contributed by atoms with Crippen molar-refractivity contribution in [2.24, 2.45) is 11.3 Å². The van der Waals surface area contributed by atoms with Gasteiger partial charge in [-0.15, -0.1) is 11.3 Å². The third-order valence-electron chi connectivity index (χ3n) is 3.42. The molecule has 0 spiro atoms. The summed E-state index contributed by atoms with van der Waals surface area (Å²) in [5.74, 6) is 0.675. The first-order valence-electron chi connectivity index (χ1n) is 6.10. The molecule has 1 rings (SSSR count). The summed E-state index contributed by atoms with van der Waals surface area (Å²) in [6, 6.07) is 0. The van der Waals surface area contributed by atoms with E-state index < -0.39 is 0 Å². The quantitative estimate of drug-likeness (QED) is 0.825. The van der Waals surface area contributed by atoms with Crippen LogP contribution in [0.3, 0.4) is 0 Å². The van der Waals surface area contributed by atoms with Crippen molar-refractivity contribution in [1.82, 2.24) is 10.3 Å². The molecule has 1 atom stereocenters. The van der Waals surface area contributed by atoms with Crippen LogP contribution in [-0.4, -0.2) is 18.1 Å². The molecule has 3 heteroatoms.